The summed E-state index contributed by atoms with van der Waals surface area (Å²) in [5.41, 5.74) is -0.324. The normalized spacial score (nSPS) is 11.1. The van der Waals surface area contributed by atoms with Gasteiger partial charge in [-0.05, 0) is 24.3 Å². The van der Waals surface area contributed by atoms with E-state index in [1.54, 1.807) is 6.07 Å². The predicted octanol–water partition coefficient (Wildman–Crippen LogP) is 5.55. The standard InChI is InChI=1S/C14H9Cl2F3N2O/c15-10-7-4-8-11(12(10)16)20-13(22)21(14(17,18)19)9-5-2-1-3-6-9/h1-8H,(H,20,22). The summed E-state index contributed by atoms with van der Waals surface area (Å²) in [4.78, 5) is 11.7. The number of anilines is 2. The number of carbonyl (C=O) groups excluding carboxylic acids is 1. The van der Waals surface area contributed by atoms with Crippen LogP contribution in [0.5, 0.6) is 0 Å². The van der Waals surface area contributed by atoms with Crippen LogP contribution in [0.2, 0.25) is 10.0 Å². The van der Waals surface area contributed by atoms with Crippen LogP contribution in [-0.4, -0.2) is 12.3 Å². The summed E-state index contributed by atoms with van der Waals surface area (Å²) >= 11 is 11.6. The topological polar surface area (TPSA) is 32.3 Å². The van der Waals surface area contributed by atoms with Gasteiger partial charge in [0.25, 0.3) is 0 Å². The third-order valence-corrected chi connectivity index (χ3v) is 3.48. The summed E-state index contributed by atoms with van der Waals surface area (Å²) in [6.07, 6.45) is -4.89. The van der Waals surface area contributed by atoms with Crippen LogP contribution in [0, 0.1) is 0 Å². The van der Waals surface area contributed by atoms with Crippen LogP contribution in [0.15, 0.2) is 48.5 Å². The van der Waals surface area contributed by atoms with Gasteiger partial charge in [-0.3, -0.25) is 0 Å². The third kappa shape index (κ3) is 3.64. The summed E-state index contributed by atoms with van der Waals surface area (Å²) < 4.78 is 39.4. The Kier molecular flexibility index (Phi) is 4.83. The fourth-order valence-corrected chi connectivity index (χ4v) is 2.08. The van der Waals surface area contributed by atoms with E-state index in [-0.39, 0.29) is 26.3 Å². The van der Waals surface area contributed by atoms with Crippen LogP contribution in [0.4, 0.5) is 29.3 Å². The summed E-state index contributed by atoms with van der Waals surface area (Å²) in [6, 6.07) is 9.57. The van der Waals surface area contributed by atoms with Gasteiger partial charge in [0.1, 0.15) is 0 Å². The molecule has 0 aliphatic rings. The van der Waals surface area contributed by atoms with Gasteiger partial charge < -0.3 is 5.32 Å². The zero-order valence-corrected chi connectivity index (χ0v) is 12.4. The van der Waals surface area contributed by atoms with Gasteiger partial charge in [0.15, 0.2) is 0 Å². The molecule has 0 aliphatic carbocycles. The SMILES string of the molecule is O=C(Nc1cccc(Cl)c1Cl)N(c1ccccc1)C(F)(F)F. The largest absolute Gasteiger partial charge is 0.493 e. The Morgan fingerprint density at radius 3 is 2.23 bits per heavy atom. The van der Waals surface area contributed by atoms with Gasteiger partial charge in [-0.15, -0.1) is 13.2 Å². The maximum Gasteiger partial charge on any atom is 0.493 e. The second kappa shape index (κ2) is 6.46. The highest BCUT2D eigenvalue weighted by atomic mass is 35.5. The van der Waals surface area contributed by atoms with Gasteiger partial charge in [0.2, 0.25) is 0 Å². The molecule has 0 spiro atoms. The molecule has 0 atom stereocenters. The van der Waals surface area contributed by atoms with Crippen molar-refractivity contribution in [3.63, 3.8) is 0 Å². The minimum absolute atomic E-state index is 0.00986. The molecule has 2 aromatic rings. The second-order valence-electron chi connectivity index (χ2n) is 4.17. The summed E-state index contributed by atoms with van der Waals surface area (Å²) in [5, 5.41) is 2.20. The molecule has 8 heteroatoms. The molecule has 0 aliphatic heterocycles. The van der Waals surface area contributed by atoms with Gasteiger partial charge in [0.05, 0.1) is 21.4 Å². The Hall–Kier alpha value is -1.92. The van der Waals surface area contributed by atoms with Crippen molar-refractivity contribution in [3.8, 4) is 0 Å². The fourth-order valence-electron chi connectivity index (χ4n) is 1.73. The highest BCUT2D eigenvalue weighted by molar-refractivity contribution is 6.44. The Labute approximate surface area is 134 Å². The molecule has 0 unspecified atom stereocenters. The number of nitrogens with one attached hydrogen (secondary N) is 1. The van der Waals surface area contributed by atoms with Crippen molar-refractivity contribution in [2.45, 2.75) is 6.30 Å². The first kappa shape index (κ1) is 16.5. The van der Waals surface area contributed by atoms with Crippen molar-refractivity contribution in [1.29, 1.82) is 0 Å². The molecule has 0 radical (unpaired) electrons. The van der Waals surface area contributed by atoms with E-state index in [4.69, 9.17) is 23.2 Å². The van der Waals surface area contributed by atoms with Crippen LogP contribution >= 0.6 is 23.2 Å². The van der Waals surface area contributed by atoms with E-state index in [1.807, 2.05) is 0 Å². The fraction of sp³-hybridized carbons (Fsp3) is 0.0714. The molecule has 0 bridgehead atoms. The summed E-state index contributed by atoms with van der Waals surface area (Å²) in [7, 11) is 0. The first-order valence-electron chi connectivity index (χ1n) is 5.97. The number of hydrogen-bond donors (Lipinski definition) is 1. The molecule has 0 saturated carbocycles. The minimum Gasteiger partial charge on any atom is -0.306 e. The van der Waals surface area contributed by atoms with E-state index < -0.39 is 12.3 Å². The van der Waals surface area contributed by atoms with E-state index in [0.29, 0.717) is 0 Å². The lowest BCUT2D eigenvalue weighted by Crippen LogP contribution is -2.45. The van der Waals surface area contributed by atoms with Gasteiger partial charge in [-0.25, -0.2) is 9.69 Å². The molecule has 0 aromatic heterocycles. The van der Waals surface area contributed by atoms with Crippen LogP contribution in [0.25, 0.3) is 0 Å². The maximum absolute atomic E-state index is 13.1. The molecule has 0 heterocycles. The zero-order valence-electron chi connectivity index (χ0n) is 10.9. The molecule has 2 amide bonds. The quantitative estimate of drug-likeness (QED) is 0.708. The average molecular weight is 349 g/mol. The molecule has 0 fully saturated rings. The lowest BCUT2D eigenvalue weighted by molar-refractivity contribution is -0.120. The van der Waals surface area contributed by atoms with Crippen molar-refractivity contribution in [3.05, 3.63) is 58.6 Å². The molecular weight excluding hydrogens is 340 g/mol. The zero-order chi connectivity index (χ0) is 16.3. The Morgan fingerprint density at radius 2 is 1.64 bits per heavy atom. The first-order valence-corrected chi connectivity index (χ1v) is 6.73. The lowest BCUT2D eigenvalue weighted by Gasteiger charge is -2.25. The highest BCUT2D eigenvalue weighted by Gasteiger charge is 2.42. The molecule has 0 saturated heterocycles. The van der Waals surface area contributed by atoms with E-state index in [0.717, 1.165) is 0 Å². The van der Waals surface area contributed by atoms with Crippen molar-refractivity contribution in [2.24, 2.45) is 0 Å². The van der Waals surface area contributed by atoms with Crippen LogP contribution in [-0.2, 0) is 0 Å². The monoisotopic (exact) mass is 348 g/mol. The number of halogens is 5. The average Bonchev–Trinajstić information content (AvgIpc) is 2.43. The molecule has 1 N–H and O–H groups in total. The van der Waals surface area contributed by atoms with Gasteiger partial charge in [-0.1, -0.05) is 47.5 Å². The van der Waals surface area contributed by atoms with Crippen molar-refractivity contribution < 1.29 is 18.0 Å². The molecule has 116 valence electrons. The molecule has 22 heavy (non-hydrogen) atoms. The van der Waals surface area contributed by atoms with Crippen molar-refractivity contribution >= 4 is 40.6 Å². The predicted molar refractivity (Wildman–Crippen MR) is 80.5 cm³/mol. The third-order valence-electron chi connectivity index (χ3n) is 2.66. The Morgan fingerprint density at radius 1 is 1.00 bits per heavy atom. The number of rotatable bonds is 2. The first-order chi connectivity index (χ1) is 10.3. The van der Waals surface area contributed by atoms with E-state index in [9.17, 15) is 18.0 Å². The van der Waals surface area contributed by atoms with Crippen LogP contribution in [0.1, 0.15) is 0 Å². The number of amides is 2. The number of para-hydroxylation sites is 1. The molecule has 2 rings (SSSR count). The van der Waals surface area contributed by atoms with E-state index in [1.165, 1.54) is 42.5 Å². The van der Waals surface area contributed by atoms with Crippen LogP contribution < -0.4 is 10.2 Å². The summed E-state index contributed by atoms with van der Waals surface area (Å²) in [6.45, 7) is 0. The number of hydrogen-bond acceptors (Lipinski definition) is 1. The van der Waals surface area contributed by atoms with Gasteiger partial charge in [-0.2, -0.15) is 0 Å². The number of nitrogens with zero attached hydrogens (tertiary/aromatic N) is 1. The smallest absolute Gasteiger partial charge is 0.306 e. The van der Waals surface area contributed by atoms with Crippen molar-refractivity contribution in [2.75, 3.05) is 10.2 Å². The lowest BCUT2D eigenvalue weighted by atomic mass is 10.3. The number of benzene rings is 2. The highest BCUT2D eigenvalue weighted by Crippen LogP contribution is 2.32. The Balaban J connectivity index is 2.33. The Bertz CT molecular complexity index is 678. The van der Waals surface area contributed by atoms with Crippen molar-refractivity contribution in [1.82, 2.24) is 0 Å². The van der Waals surface area contributed by atoms with Gasteiger partial charge >= 0.3 is 12.3 Å². The van der Waals surface area contributed by atoms with E-state index in [2.05, 4.69) is 5.32 Å². The van der Waals surface area contributed by atoms with E-state index >= 15 is 0 Å². The maximum atomic E-state index is 13.1. The molecule has 3 nitrogen and oxygen atoms in total. The molecule has 2 aromatic carbocycles. The summed E-state index contributed by atoms with van der Waals surface area (Å²) in [5.74, 6) is 0. The second-order valence-corrected chi connectivity index (χ2v) is 4.96. The molecular formula is C14H9Cl2F3N2O. The minimum atomic E-state index is -4.89. The van der Waals surface area contributed by atoms with Crippen LogP contribution in [0.3, 0.4) is 0 Å². The number of alkyl halides is 3. The number of carbonyl (C=O) groups is 1. The number of urea groups is 1. The van der Waals surface area contributed by atoms with Gasteiger partial charge in [0, 0.05) is 0 Å².